The van der Waals surface area contributed by atoms with E-state index in [0.29, 0.717) is 18.2 Å². The van der Waals surface area contributed by atoms with E-state index >= 15 is 0 Å². The molecule has 160 valence electrons. The zero-order chi connectivity index (χ0) is 20.5. The number of thiophene rings is 1. The minimum atomic E-state index is 0. The minimum Gasteiger partial charge on any atom is -0.497 e. The summed E-state index contributed by atoms with van der Waals surface area (Å²) in [5.74, 6) is 2.84. The summed E-state index contributed by atoms with van der Waals surface area (Å²) in [7, 11) is 1.64. The van der Waals surface area contributed by atoms with Gasteiger partial charge in [-0.1, -0.05) is 6.07 Å². The van der Waals surface area contributed by atoms with Crippen molar-refractivity contribution in [2.75, 3.05) is 13.7 Å². The van der Waals surface area contributed by atoms with E-state index in [1.807, 2.05) is 36.4 Å². The Morgan fingerprint density at radius 3 is 2.43 bits per heavy atom. The monoisotopic (exact) mass is 538 g/mol. The third-order valence-corrected chi connectivity index (χ3v) is 5.25. The number of aromatic nitrogens is 1. The molecule has 0 amide bonds. The standard InChI is InChI=1S/C22H26N4O2S.HI/c1-4-23-22(26-15-20-16(2)11-12-29-20)25-14-17-5-10-21(24-13-17)28-19-8-6-18(27-3)7-9-19;/h5-13H,4,14-15H2,1-3H3,(H2,23,25,26);1H. The van der Waals surface area contributed by atoms with E-state index in [9.17, 15) is 0 Å². The molecule has 0 saturated heterocycles. The van der Waals surface area contributed by atoms with Crippen LogP contribution in [0.3, 0.4) is 0 Å². The molecule has 0 fully saturated rings. The number of rotatable bonds is 8. The van der Waals surface area contributed by atoms with Crippen LogP contribution in [0.1, 0.15) is 22.9 Å². The molecule has 0 unspecified atom stereocenters. The van der Waals surface area contributed by atoms with Crippen molar-refractivity contribution in [1.29, 1.82) is 0 Å². The van der Waals surface area contributed by atoms with Crippen molar-refractivity contribution >= 4 is 41.3 Å². The molecular weight excluding hydrogens is 511 g/mol. The Morgan fingerprint density at radius 2 is 1.83 bits per heavy atom. The number of nitrogens with zero attached hydrogens (tertiary/aromatic N) is 2. The van der Waals surface area contributed by atoms with Crippen molar-refractivity contribution < 1.29 is 9.47 Å². The van der Waals surface area contributed by atoms with Gasteiger partial charge in [0.1, 0.15) is 11.5 Å². The SMILES string of the molecule is CCNC(=NCc1ccc(Oc2ccc(OC)cc2)nc1)NCc1sccc1C.I. The normalized spacial score (nSPS) is 10.8. The molecule has 0 radical (unpaired) electrons. The van der Waals surface area contributed by atoms with Crippen LogP contribution in [-0.4, -0.2) is 24.6 Å². The molecule has 2 heterocycles. The summed E-state index contributed by atoms with van der Waals surface area (Å²) >= 11 is 1.75. The van der Waals surface area contributed by atoms with Crippen molar-refractivity contribution in [1.82, 2.24) is 15.6 Å². The van der Waals surface area contributed by atoms with Crippen LogP contribution >= 0.6 is 35.3 Å². The smallest absolute Gasteiger partial charge is 0.219 e. The van der Waals surface area contributed by atoms with Crippen molar-refractivity contribution in [3.63, 3.8) is 0 Å². The zero-order valence-electron chi connectivity index (χ0n) is 17.3. The number of pyridine rings is 1. The lowest BCUT2D eigenvalue weighted by atomic mass is 10.3. The molecule has 6 nitrogen and oxygen atoms in total. The number of aliphatic imine (C=N–C) groups is 1. The molecular formula is C22H27IN4O2S. The number of ether oxygens (including phenoxy) is 2. The van der Waals surface area contributed by atoms with Gasteiger partial charge in [-0.3, -0.25) is 0 Å². The van der Waals surface area contributed by atoms with E-state index in [2.05, 4.69) is 45.9 Å². The second-order valence-electron chi connectivity index (χ2n) is 6.36. The van der Waals surface area contributed by atoms with Crippen LogP contribution in [0.4, 0.5) is 0 Å². The maximum Gasteiger partial charge on any atom is 0.219 e. The first-order valence-electron chi connectivity index (χ1n) is 9.50. The Balaban J connectivity index is 0.00000320. The van der Waals surface area contributed by atoms with Gasteiger partial charge in [-0.15, -0.1) is 35.3 Å². The Hall–Kier alpha value is -2.33. The summed E-state index contributed by atoms with van der Waals surface area (Å²) in [6.45, 7) is 6.29. The molecule has 0 aliphatic rings. The van der Waals surface area contributed by atoms with Gasteiger partial charge in [-0.2, -0.15) is 0 Å². The Bertz CT molecular complexity index is 927. The number of aryl methyl sites for hydroxylation is 1. The number of hydrogen-bond acceptors (Lipinski definition) is 5. The maximum absolute atomic E-state index is 5.76. The summed E-state index contributed by atoms with van der Waals surface area (Å²) in [5, 5.41) is 8.77. The van der Waals surface area contributed by atoms with Gasteiger partial charge >= 0.3 is 0 Å². The number of guanidine groups is 1. The zero-order valence-corrected chi connectivity index (χ0v) is 20.5. The number of halogens is 1. The Morgan fingerprint density at radius 1 is 1.07 bits per heavy atom. The number of hydrogen-bond donors (Lipinski definition) is 2. The predicted molar refractivity (Wildman–Crippen MR) is 133 cm³/mol. The topological polar surface area (TPSA) is 67.8 Å². The largest absolute Gasteiger partial charge is 0.497 e. The fourth-order valence-corrected chi connectivity index (χ4v) is 3.44. The van der Waals surface area contributed by atoms with Gasteiger partial charge in [0.25, 0.3) is 0 Å². The molecule has 0 aliphatic carbocycles. The van der Waals surface area contributed by atoms with Crippen molar-refractivity contribution in [2.24, 2.45) is 4.99 Å². The second-order valence-corrected chi connectivity index (χ2v) is 7.36. The van der Waals surface area contributed by atoms with E-state index in [1.54, 1.807) is 24.6 Å². The summed E-state index contributed by atoms with van der Waals surface area (Å²) in [4.78, 5) is 10.3. The molecule has 3 aromatic rings. The first kappa shape index (κ1) is 23.9. The molecule has 2 N–H and O–H groups in total. The molecule has 0 saturated carbocycles. The molecule has 8 heteroatoms. The molecule has 30 heavy (non-hydrogen) atoms. The summed E-state index contributed by atoms with van der Waals surface area (Å²) in [6.07, 6.45) is 1.79. The first-order chi connectivity index (χ1) is 14.2. The van der Waals surface area contributed by atoms with Gasteiger partial charge in [0.05, 0.1) is 20.2 Å². The fraction of sp³-hybridized carbons (Fsp3) is 0.273. The van der Waals surface area contributed by atoms with Crippen molar-refractivity contribution in [3.05, 3.63) is 70.0 Å². The fourth-order valence-electron chi connectivity index (χ4n) is 2.59. The van der Waals surface area contributed by atoms with E-state index in [-0.39, 0.29) is 24.0 Å². The van der Waals surface area contributed by atoms with Crippen LogP contribution in [0.5, 0.6) is 17.4 Å². The Kier molecular flexibility index (Phi) is 9.88. The van der Waals surface area contributed by atoms with Gasteiger partial charge in [0.2, 0.25) is 5.88 Å². The van der Waals surface area contributed by atoms with Gasteiger partial charge in [0, 0.05) is 23.7 Å². The minimum absolute atomic E-state index is 0. The lowest BCUT2D eigenvalue weighted by Gasteiger charge is -2.11. The second kappa shape index (κ2) is 12.4. The highest BCUT2D eigenvalue weighted by molar-refractivity contribution is 14.0. The van der Waals surface area contributed by atoms with E-state index in [0.717, 1.165) is 30.4 Å². The summed E-state index contributed by atoms with van der Waals surface area (Å²) < 4.78 is 10.9. The highest BCUT2D eigenvalue weighted by atomic mass is 127. The summed E-state index contributed by atoms with van der Waals surface area (Å²) in [5.41, 5.74) is 2.31. The molecule has 0 spiro atoms. The lowest BCUT2D eigenvalue weighted by Crippen LogP contribution is -2.36. The molecule has 0 aliphatic heterocycles. The third kappa shape index (κ3) is 7.17. The van der Waals surface area contributed by atoms with Crippen LogP contribution in [-0.2, 0) is 13.1 Å². The Labute approximate surface area is 198 Å². The van der Waals surface area contributed by atoms with Gasteiger partial charge in [-0.05, 0) is 60.7 Å². The molecule has 1 aromatic carbocycles. The highest BCUT2D eigenvalue weighted by Crippen LogP contribution is 2.22. The average Bonchev–Trinajstić information content (AvgIpc) is 3.16. The van der Waals surface area contributed by atoms with Crippen molar-refractivity contribution in [3.8, 4) is 17.4 Å². The van der Waals surface area contributed by atoms with Crippen LogP contribution in [0.25, 0.3) is 0 Å². The number of nitrogens with one attached hydrogen (secondary N) is 2. The van der Waals surface area contributed by atoms with E-state index in [4.69, 9.17) is 9.47 Å². The van der Waals surface area contributed by atoms with Crippen LogP contribution in [0.15, 0.2) is 59.0 Å². The van der Waals surface area contributed by atoms with Crippen LogP contribution in [0, 0.1) is 6.92 Å². The average molecular weight is 538 g/mol. The molecule has 0 bridgehead atoms. The van der Waals surface area contributed by atoms with E-state index in [1.165, 1.54) is 10.4 Å². The van der Waals surface area contributed by atoms with Crippen LogP contribution < -0.4 is 20.1 Å². The molecule has 2 aromatic heterocycles. The van der Waals surface area contributed by atoms with E-state index < -0.39 is 0 Å². The van der Waals surface area contributed by atoms with Gasteiger partial charge in [-0.25, -0.2) is 9.98 Å². The first-order valence-corrected chi connectivity index (χ1v) is 10.4. The summed E-state index contributed by atoms with van der Waals surface area (Å²) in [6, 6.07) is 13.4. The van der Waals surface area contributed by atoms with Crippen molar-refractivity contribution in [2.45, 2.75) is 26.9 Å². The van der Waals surface area contributed by atoms with Gasteiger partial charge < -0.3 is 20.1 Å². The predicted octanol–water partition coefficient (Wildman–Crippen LogP) is 5.13. The molecule has 3 rings (SSSR count). The van der Waals surface area contributed by atoms with Crippen LogP contribution in [0.2, 0.25) is 0 Å². The third-order valence-electron chi connectivity index (χ3n) is 4.23. The quantitative estimate of drug-likeness (QED) is 0.237. The highest BCUT2D eigenvalue weighted by Gasteiger charge is 2.03. The lowest BCUT2D eigenvalue weighted by molar-refractivity contribution is 0.412. The number of methoxy groups -OCH3 is 1. The molecule has 0 atom stereocenters. The number of benzene rings is 1. The van der Waals surface area contributed by atoms with Gasteiger partial charge in [0.15, 0.2) is 5.96 Å². The maximum atomic E-state index is 5.76.